The van der Waals surface area contributed by atoms with Crippen molar-refractivity contribution in [2.75, 3.05) is 13.7 Å². The average molecular weight is 468 g/mol. The highest BCUT2D eigenvalue weighted by Crippen LogP contribution is 2.39. The Labute approximate surface area is 186 Å². The molecular formula is C20H15Cl2NO6S. The number of imide groups is 1. The van der Waals surface area contributed by atoms with Crippen molar-refractivity contribution in [3.8, 4) is 11.5 Å². The zero-order valence-electron chi connectivity index (χ0n) is 15.6. The molecule has 0 spiro atoms. The highest BCUT2D eigenvalue weighted by molar-refractivity contribution is 8.18. The Morgan fingerprint density at radius 2 is 1.93 bits per heavy atom. The number of carboxylic acids is 1. The Balaban J connectivity index is 1.84. The van der Waals surface area contributed by atoms with Crippen molar-refractivity contribution in [3.63, 3.8) is 0 Å². The zero-order valence-corrected chi connectivity index (χ0v) is 17.9. The molecule has 0 aromatic heterocycles. The van der Waals surface area contributed by atoms with Gasteiger partial charge in [0.1, 0.15) is 13.2 Å². The van der Waals surface area contributed by atoms with Crippen LogP contribution in [0.25, 0.3) is 6.08 Å². The number of carboxylic acid groups (broad SMARTS) is 1. The van der Waals surface area contributed by atoms with E-state index in [-0.39, 0.29) is 16.5 Å². The van der Waals surface area contributed by atoms with Crippen molar-refractivity contribution in [2.45, 2.75) is 6.61 Å². The van der Waals surface area contributed by atoms with E-state index in [0.717, 1.165) is 5.56 Å². The van der Waals surface area contributed by atoms with Crippen LogP contribution in [-0.2, 0) is 16.2 Å². The molecule has 1 heterocycles. The van der Waals surface area contributed by atoms with Gasteiger partial charge in [0.05, 0.1) is 17.0 Å². The van der Waals surface area contributed by atoms with E-state index in [1.165, 1.54) is 13.2 Å². The van der Waals surface area contributed by atoms with Gasteiger partial charge >= 0.3 is 5.97 Å². The third kappa shape index (κ3) is 4.89. The average Bonchev–Trinajstić information content (AvgIpc) is 2.95. The Kier molecular flexibility index (Phi) is 6.91. The van der Waals surface area contributed by atoms with Gasteiger partial charge in [0.15, 0.2) is 11.5 Å². The Hall–Kier alpha value is -2.68. The molecule has 1 aliphatic heterocycles. The van der Waals surface area contributed by atoms with Crippen LogP contribution in [0.3, 0.4) is 0 Å². The van der Waals surface area contributed by atoms with Gasteiger partial charge in [-0.2, -0.15) is 0 Å². The van der Waals surface area contributed by atoms with Crippen LogP contribution in [-0.4, -0.2) is 40.8 Å². The summed E-state index contributed by atoms with van der Waals surface area (Å²) in [6, 6.07) is 10.4. The van der Waals surface area contributed by atoms with Crippen LogP contribution in [0.2, 0.25) is 10.0 Å². The summed E-state index contributed by atoms with van der Waals surface area (Å²) in [6.45, 7) is -0.524. The van der Waals surface area contributed by atoms with Gasteiger partial charge in [0.25, 0.3) is 11.1 Å². The number of rotatable bonds is 7. The fraction of sp³-hybridized carbons (Fsp3) is 0.150. The maximum Gasteiger partial charge on any atom is 0.323 e. The van der Waals surface area contributed by atoms with Gasteiger partial charge in [0.2, 0.25) is 0 Å². The van der Waals surface area contributed by atoms with E-state index in [0.29, 0.717) is 38.7 Å². The maximum atomic E-state index is 12.3. The summed E-state index contributed by atoms with van der Waals surface area (Å²) in [5.74, 6) is -1.33. The molecule has 1 aliphatic rings. The van der Waals surface area contributed by atoms with Crippen molar-refractivity contribution in [2.24, 2.45) is 0 Å². The Morgan fingerprint density at radius 1 is 1.20 bits per heavy atom. The molecule has 1 saturated heterocycles. The summed E-state index contributed by atoms with van der Waals surface area (Å²) in [4.78, 5) is 35.8. The summed E-state index contributed by atoms with van der Waals surface area (Å²) in [5.41, 5.74) is 1.26. The number of carbonyl (C=O) groups excluding carboxylic acids is 2. The summed E-state index contributed by atoms with van der Waals surface area (Å²) in [7, 11) is 1.44. The molecular weight excluding hydrogens is 453 g/mol. The highest BCUT2D eigenvalue weighted by atomic mass is 35.5. The number of ether oxygens (including phenoxy) is 2. The van der Waals surface area contributed by atoms with E-state index in [4.69, 9.17) is 37.8 Å². The molecule has 156 valence electrons. The fourth-order valence-corrected chi connectivity index (χ4v) is 3.95. The van der Waals surface area contributed by atoms with E-state index in [1.54, 1.807) is 18.2 Å². The lowest BCUT2D eigenvalue weighted by molar-refractivity contribution is -0.140. The van der Waals surface area contributed by atoms with E-state index < -0.39 is 23.7 Å². The molecule has 0 radical (unpaired) electrons. The third-order valence-corrected chi connectivity index (χ3v) is 5.60. The lowest BCUT2D eigenvalue weighted by atomic mass is 10.1. The van der Waals surface area contributed by atoms with Crippen LogP contribution >= 0.6 is 35.0 Å². The van der Waals surface area contributed by atoms with E-state index in [2.05, 4.69) is 0 Å². The number of aliphatic carboxylic acids is 1. The van der Waals surface area contributed by atoms with Crippen LogP contribution in [0.4, 0.5) is 4.79 Å². The smallest absolute Gasteiger partial charge is 0.323 e. The molecule has 10 heteroatoms. The summed E-state index contributed by atoms with van der Waals surface area (Å²) in [6.07, 6.45) is 1.44. The van der Waals surface area contributed by atoms with Crippen LogP contribution in [0.5, 0.6) is 11.5 Å². The van der Waals surface area contributed by atoms with Crippen LogP contribution in [0.15, 0.2) is 41.3 Å². The van der Waals surface area contributed by atoms with Crippen molar-refractivity contribution < 1.29 is 29.0 Å². The van der Waals surface area contributed by atoms with E-state index in [9.17, 15) is 14.4 Å². The molecule has 0 atom stereocenters. The minimum Gasteiger partial charge on any atom is -0.493 e. The standard InChI is InChI=1S/C20H15Cl2NO6S/c1-28-15-7-11(8-16-19(26)23(9-17(24)25)20(27)30-16)6-14(22)18(15)29-10-12-4-2-3-5-13(12)21/h2-8H,9-10H2,1H3,(H,24,25)/b16-8+. The predicted molar refractivity (Wildman–Crippen MR) is 114 cm³/mol. The number of carbonyl (C=O) groups is 3. The molecule has 3 rings (SSSR count). The minimum atomic E-state index is -1.27. The second kappa shape index (κ2) is 9.42. The summed E-state index contributed by atoms with van der Waals surface area (Å²) in [5, 5.41) is 8.98. The van der Waals surface area contributed by atoms with Crippen molar-refractivity contribution in [1.82, 2.24) is 4.90 Å². The first-order chi connectivity index (χ1) is 14.3. The van der Waals surface area contributed by atoms with Crippen LogP contribution < -0.4 is 9.47 Å². The number of halogens is 2. The molecule has 0 unspecified atom stereocenters. The first-order valence-electron chi connectivity index (χ1n) is 8.51. The normalized spacial score (nSPS) is 15.0. The molecule has 2 aromatic carbocycles. The number of thioether (sulfide) groups is 1. The number of amides is 2. The van der Waals surface area contributed by atoms with Gasteiger partial charge in [0, 0.05) is 10.6 Å². The second-order valence-electron chi connectivity index (χ2n) is 6.08. The number of nitrogens with zero attached hydrogens (tertiary/aromatic N) is 1. The largest absolute Gasteiger partial charge is 0.493 e. The predicted octanol–water partition coefficient (Wildman–Crippen LogP) is 4.70. The van der Waals surface area contributed by atoms with Gasteiger partial charge in [-0.05, 0) is 41.6 Å². The van der Waals surface area contributed by atoms with Gasteiger partial charge in [-0.1, -0.05) is 41.4 Å². The van der Waals surface area contributed by atoms with E-state index >= 15 is 0 Å². The number of methoxy groups -OCH3 is 1. The zero-order chi connectivity index (χ0) is 21.8. The molecule has 0 saturated carbocycles. The third-order valence-electron chi connectivity index (χ3n) is 4.05. The summed E-state index contributed by atoms with van der Waals surface area (Å²) >= 11 is 13.1. The van der Waals surface area contributed by atoms with Crippen LogP contribution in [0, 0.1) is 0 Å². The van der Waals surface area contributed by atoms with Crippen LogP contribution in [0.1, 0.15) is 11.1 Å². The van der Waals surface area contributed by atoms with Crippen molar-refractivity contribution >= 4 is 58.2 Å². The molecule has 30 heavy (non-hydrogen) atoms. The monoisotopic (exact) mass is 467 g/mol. The molecule has 0 bridgehead atoms. The minimum absolute atomic E-state index is 0.0871. The van der Waals surface area contributed by atoms with Gasteiger partial charge in [-0.15, -0.1) is 0 Å². The first kappa shape index (κ1) is 22.0. The SMILES string of the molecule is COc1cc(/C=C2/SC(=O)N(CC(=O)O)C2=O)cc(Cl)c1OCc1ccccc1Cl. The summed E-state index contributed by atoms with van der Waals surface area (Å²) < 4.78 is 11.1. The Bertz CT molecular complexity index is 1060. The second-order valence-corrected chi connectivity index (χ2v) is 7.88. The lowest BCUT2D eigenvalue weighted by Gasteiger charge is -2.14. The topological polar surface area (TPSA) is 93.1 Å². The maximum absolute atomic E-state index is 12.3. The number of hydrogen-bond donors (Lipinski definition) is 1. The molecule has 1 fully saturated rings. The molecule has 1 N–H and O–H groups in total. The first-order valence-corrected chi connectivity index (χ1v) is 10.1. The molecule has 2 aromatic rings. The van der Waals surface area contributed by atoms with E-state index in [1.807, 2.05) is 18.2 Å². The quantitative estimate of drug-likeness (QED) is 0.589. The molecule has 7 nitrogen and oxygen atoms in total. The molecule has 2 amide bonds. The van der Waals surface area contributed by atoms with Gasteiger partial charge in [-0.25, -0.2) is 0 Å². The van der Waals surface area contributed by atoms with Gasteiger partial charge in [-0.3, -0.25) is 19.3 Å². The fourth-order valence-electron chi connectivity index (χ4n) is 2.65. The highest BCUT2D eigenvalue weighted by Gasteiger charge is 2.36. The van der Waals surface area contributed by atoms with Gasteiger partial charge < -0.3 is 14.6 Å². The Morgan fingerprint density at radius 3 is 2.60 bits per heavy atom. The van der Waals surface area contributed by atoms with Crippen molar-refractivity contribution in [3.05, 3.63) is 62.5 Å². The lowest BCUT2D eigenvalue weighted by Crippen LogP contribution is -2.33. The molecule has 0 aliphatic carbocycles. The number of hydrogen-bond acceptors (Lipinski definition) is 6. The van der Waals surface area contributed by atoms with Crippen molar-refractivity contribution in [1.29, 1.82) is 0 Å². The number of benzene rings is 2.